The quantitative estimate of drug-likeness (QED) is 0.341. The van der Waals surface area contributed by atoms with E-state index in [2.05, 4.69) is 12.6 Å². The summed E-state index contributed by atoms with van der Waals surface area (Å²) in [5.74, 6) is 0.342. The number of rotatable bonds is 8. The second-order valence-electron chi connectivity index (χ2n) is 3.86. The lowest BCUT2D eigenvalue weighted by Crippen LogP contribution is -1.99. The van der Waals surface area contributed by atoms with Crippen LogP contribution in [0.15, 0.2) is 18.2 Å². The number of nitro groups is 1. The van der Waals surface area contributed by atoms with Gasteiger partial charge in [0.1, 0.15) is 5.75 Å². The fraction of sp³-hybridized carbons (Fsp3) is 0.500. The summed E-state index contributed by atoms with van der Waals surface area (Å²) in [6.07, 6.45) is 4.10. The Morgan fingerprint density at radius 1 is 1.28 bits per heavy atom. The first-order valence-corrected chi connectivity index (χ1v) is 6.46. The van der Waals surface area contributed by atoms with Crippen molar-refractivity contribution in [2.24, 2.45) is 0 Å². The molecule has 1 rings (SSSR count). The van der Waals surface area contributed by atoms with Gasteiger partial charge < -0.3 is 4.74 Å². The van der Waals surface area contributed by atoms with Crippen molar-refractivity contribution in [1.29, 1.82) is 0 Å². The molecular weight excluding hydrogens is 257 g/mol. The average Bonchev–Trinajstić information content (AvgIpc) is 2.33. The molecule has 0 radical (unpaired) electrons. The van der Waals surface area contributed by atoms with Gasteiger partial charge in [-0.25, -0.2) is 0 Å². The fourth-order valence-electron chi connectivity index (χ4n) is 1.48. The third-order valence-corrected chi connectivity index (χ3v) is 2.75. The zero-order valence-electron chi connectivity index (χ0n) is 9.97. The third kappa shape index (κ3) is 4.91. The van der Waals surface area contributed by atoms with Crippen molar-refractivity contribution in [3.05, 3.63) is 34.1 Å². The highest BCUT2D eigenvalue weighted by Gasteiger charge is 2.13. The molecule has 6 heteroatoms. The number of nitro benzene ring substituents is 1. The average molecular weight is 273 g/mol. The molecule has 0 amide bonds. The van der Waals surface area contributed by atoms with Crippen molar-refractivity contribution in [3.63, 3.8) is 0 Å². The van der Waals surface area contributed by atoms with E-state index in [-0.39, 0.29) is 0 Å². The summed E-state index contributed by atoms with van der Waals surface area (Å²) in [6.45, 7) is 0.490. The Kier molecular flexibility index (Phi) is 6.49. The third-order valence-electron chi connectivity index (χ3n) is 2.44. The van der Waals surface area contributed by atoms with Crippen molar-refractivity contribution in [1.82, 2.24) is 0 Å². The minimum absolute atomic E-state index is 0.326. The minimum atomic E-state index is -0.868. The molecule has 0 aliphatic rings. The predicted octanol–water partition coefficient (Wildman–Crippen LogP) is 3.60. The molecule has 0 aliphatic carbocycles. The smallest absolute Gasteiger partial charge is 0.305 e. The van der Waals surface area contributed by atoms with E-state index in [0.717, 1.165) is 43.6 Å². The first-order valence-electron chi connectivity index (χ1n) is 5.82. The van der Waals surface area contributed by atoms with Crippen LogP contribution in [0.5, 0.6) is 5.75 Å². The van der Waals surface area contributed by atoms with Gasteiger partial charge in [0.25, 0.3) is 0 Å². The molecule has 100 valence electrons. The second kappa shape index (κ2) is 7.92. The Morgan fingerprint density at radius 2 is 2.00 bits per heavy atom. The molecular formula is C12H16FNO3S. The van der Waals surface area contributed by atoms with Crippen LogP contribution < -0.4 is 4.74 Å². The molecule has 1 aromatic rings. The van der Waals surface area contributed by atoms with Crippen LogP contribution in [0.1, 0.15) is 25.7 Å². The summed E-state index contributed by atoms with van der Waals surface area (Å²) in [5.41, 5.74) is -0.531. The minimum Gasteiger partial charge on any atom is -0.493 e. The highest BCUT2D eigenvalue weighted by Crippen LogP contribution is 2.22. The number of benzene rings is 1. The van der Waals surface area contributed by atoms with Gasteiger partial charge in [-0.2, -0.15) is 17.0 Å². The molecule has 4 nitrogen and oxygen atoms in total. The maximum absolute atomic E-state index is 13.2. The van der Waals surface area contributed by atoms with E-state index in [9.17, 15) is 14.5 Å². The predicted molar refractivity (Wildman–Crippen MR) is 70.9 cm³/mol. The summed E-state index contributed by atoms with van der Waals surface area (Å²) < 4.78 is 18.6. The number of nitrogens with zero attached hydrogens (tertiary/aromatic N) is 1. The van der Waals surface area contributed by atoms with E-state index in [0.29, 0.717) is 12.4 Å². The van der Waals surface area contributed by atoms with E-state index in [1.165, 1.54) is 6.07 Å². The summed E-state index contributed by atoms with van der Waals surface area (Å²) in [5, 5.41) is 10.4. The molecule has 0 spiro atoms. The fourth-order valence-corrected chi connectivity index (χ4v) is 1.71. The van der Waals surface area contributed by atoms with Crippen LogP contribution in [0.2, 0.25) is 0 Å². The van der Waals surface area contributed by atoms with Crippen LogP contribution in [0.3, 0.4) is 0 Å². The summed E-state index contributed by atoms with van der Waals surface area (Å²) in [6, 6.07) is 3.58. The largest absolute Gasteiger partial charge is 0.493 e. The standard InChI is InChI=1S/C12H16FNO3S/c13-11-9-10(5-6-12(11)14(15)16)17-7-3-1-2-4-8-18/h5-6,9,18H,1-4,7-8H2. The summed E-state index contributed by atoms with van der Waals surface area (Å²) in [7, 11) is 0. The van der Waals surface area contributed by atoms with Gasteiger partial charge in [0.15, 0.2) is 0 Å². The number of ether oxygens (including phenoxy) is 1. The molecule has 0 bridgehead atoms. The number of hydrogen-bond donors (Lipinski definition) is 1. The van der Waals surface area contributed by atoms with E-state index < -0.39 is 16.4 Å². The van der Waals surface area contributed by atoms with E-state index >= 15 is 0 Å². The lowest BCUT2D eigenvalue weighted by atomic mass is 10.2. The van der Waals surface area contributed by atoms with Crippen molar-refractivity contribution >= 4 is 18.3 Å². The van der Waals surface area contributed by atoms with Crippen molar-refractivity contribution in [2.75, 3.05) is 12.4 Å². The van der Waals surface area contributed by atoms with Gasteiger partial charge in [-0.3, -0.25) is 10.1 Å². The Morgan fingerprint density at radius 3 is 2.61 bits per heavy atom. The molecule has 0 heterocycles. The molecule has 0 aliphatic heterocycles. The van der Waals surface area contributed by atoms with Crippen LogP contribution in [-0.2, 0) is 0 Å². The van der Waals surface area contributed by atoms with E-state index in [1.807, 2.05) is 0 Å². The zero-order chi connectivity index (χ0) is 13.4. The Bertz CT molecular complexity index is 401. The van der Waals surface area contributed by atoms with Crippen LogP contribution >= 0.6 is 12.6 Å². The van der Waals surface area contributed by atoms with Gasteiger partial charge >= 0.3 is 5.69 Å². The maximum Gasteiger partial charge on any atom is 0.305 e. The van der Waals surface area contributed by atoms with Crippen molar-refractivity contribution in [3.8, 4) is 5.75 Å². The lowest BCUT2D eigenvalue weighted by molar-refractivity contribution is -0.387. The van der Waals surface area contributed by atoms with Crippen LogP contribution in [0.4, 0.5) is 10.1 Å². The van der Waals surface area contributed by atoms with Crippen molar-refractivity contribution in [2.45, 2.75) is 25.7 Å². The Hall–Kier alpha value is -1.30. The summed E-state index contributed by atoms with van der Waals surface area (Å²) in [4.78, 5) is 9.66. The molecule has 0 fully saturated rings. The van der Waals surface area contributed by atoms with Gasteiger partial charge in [-0.1, -0.05) is 12.8 Å². The number of thiol groups is 1. The first-order chi connectivity index (χ1) is 8.65. The van der Waals surface area contributed by atoms with E-state index in [4.69, 9.17) is 4.74 Å². The zero-order valence-corrected chi connectivity index (χ0v) is 10.9. The van der Waals surface area contributed by atoms with Crippen LogP contribution in [0, 0.1) is 15.9 Å². The van der Waals surface area contributed by atoms with Gasteiger partial charge in [-0.05, 0) is 24.7 Å². The molecule has 0 aromatic heterocycles. The van der Waals surface area contributed by atoms with Gasteiger partial charge in [0.05, 0.1) is 11.5 Å². The molecule has 18 heavy (non-hydrogen) atoms. The number of halogens is 1. The maximum atomic E-state index is 13.2. The van der Waals surface area contributed by atoms with Gasteiger partial charge in [0, 0.05) is 12.1 Å². The highest BCUT2D eigenvalue weighted by molar-refractivity contribution is 7.80. The molecule has 0 atom stereocenters. The Labute approximate surface area is 111 Å². The highest BCUT2D eigenvalue weighted by atomic mass is 32.1. The molecule has 0 unspecified atom stereocenters. The first kappa shape index (κ1) is 14.8. The SMILES string of the molecule is O=[N+]([O-])c1ccc(OCCCCCCS)cc1F. The van der Waals surface area contributed by atoms with Crippen LogP contribution in [-0.4, -0.2) is 17.3 Å². The second-order valence-corrected chi connectivity index (χ2v) is 4.30. The monoisotopic (exact) mass is 273 g/mol. The normalized spacial score (nSPS) is 10.3. The summed E-state index contributed by atoms with van der Waals surface area (Å²) >= 11 is 4.11. The molecule has 0 saturated carbocycles. The number of hydrogen-bond acceptors (Lipinski definition) is 4. The topological polar surface area (TPSA) is 52.4 Å². The van der Waals surface area contributed by atoms with Crippen LogP contribution in [0.25, 0.3) is 0 Å². The molecule has 0 N–H and O–H groups in total. The lowest BCUT2D eigenvalue weighted by Gasteiger charge is -2.06. The molecule has 0 saturated heterocycles. The van der Waals surface area contributed by atoms with Gasteiger partial charge in [-0.15, -0.1) is 0 Å². The van der Waals surface area contributed by atoms with Gasteiger partial charge in [0.2, 0.25) is 5.82 Å². The van der Waals surface area contributed by atoms with Crippen molar-refractivity contribution < 1.29 is 14.1 Å². The Balaban J connectivity index is 2.35. The molecule has 1 aromatic carbocycles. The number of unbranched alkanes of at least 4 members (excludes halogenated alkanes) is 3. The van der Waals surface area contributed by atoms with E-state index in [1.54, 1.807) is 0 Å².